The number of nitrogens with one attached hydrogen (secondary N) is 1. The van der Waals surface area contributed by atoms with Crippen molar-refractivity contribution in [2.24, 2.45) is 5.10 Å². The average Bonchev–Trinajstić information content (AvgIpc) is 2.85. The fraction of sp³-hybridized carbons (Fsp3) is 0.471. The Morgan fingerprint density at radius 3 is 2.61 bits per heavy atom. The molecule has 0 spiro atoms. The maximum atomic E-state index is 12.1. The lowest BCUT2D eigenvalue weighted by atomic mass is 10.2. The molecule has 6 nitrogen and oxygen atoms in total. The Hall–Kier alpha value is -2.37. The number of rotatable bonds is 4. The van der Waals surface area contributed by atoms with Crippen molar-refractivity contribution in [3.05, 3.63) is 29.8 Å². The second-order valence-corrected chi connectivity index (χ2v) is 5.38. The van der Waals surface area contributed by atoms with Gasteiger partial charge in [0.1, 0.15) is 5.75 Å². The van der Waals surface area contributed by atoms with Crippen molar-refractivity contribution in [3.63, 3.8) is 0 Å². The smallest absolute Gasteiger partial charge is 0.329 e. The number of likely N-dealkylation sites (tertiary alicyclic amines) is 1. The summed E-state index contributed by atoms with van der Waals surface area (Å²) in [5.41, 5.74) is 3.05. The first-order chi connectivity index (χ1) is 11.2. The van der Waals surface area contributed by atoms with E-state index in [1.54, 1.807) is 4.90 Å². The van der Waals surface area contributed by atoms with Crippen LogP contribution in [0.4, 0.5) is 0 Å². The zero-order chi connectivity index (χ0) is 16.5. The quantitative estimate of drug-likeness (QED) is 0.524. The number of carbonyl (C=O) groups is 2. The van der Waals surface area contributed by atoms with Crippen molar-refractivity contribution >= 4 is 18.0 Å². The van der Waals surface area contributed by atoms with E-state index in [0.29, 0.717) is 25.4 Å². The topological polar surface area (TPSA) is 71.0 Å². The van der Waals surface area contributed by atoms with E-state index in [-0.39, 0.29) is 0 Å². The Kier molecular flexibility index (Phi) is 6.59. The second kappa shape index (κ2) is 8.92. The Morgan fingerprint density at radius 2 is 1.91 bits per heavy atom. The molecular formula is C17H23N3O3. The number of hydrogen-bond acceptors (Lipinski definition) is 4. The first kappa shape index (κ1) is 17.0. The van der Waals surface area contributed by atoms with E-state index in [0.717, 1.165) is 31.2 Å². The van der Waals surface area contributed by atoms with Crippen LogP contribution in [0.15, 0.2) is 29.4 Å². The van der Waals surface area contributed by atoms with Gasteiger partial charge in [-0.3, -0.25) is 9.59 Å². The summed E-state index contributed by atoms with van der Waals surface area (Å²) in [4.78, 5) is 25.6. The molecule has 1 aromatic carbocycles. The van der Waals surface area contributed by atoms with Crippen LogP contribution in [0, 0.1) is 0 Å². The lowest BCUT2D eigenvalue weighted by molar-refractivity contribution is -0.145. The molecule has 1 aliphatic rings. The number of benzene rings is 1. The highest BCUT2D eigenvalue weighted by Gasteiger charge is 2.22. The summed E-state index contributed by atoms with van der Waals surface area (Å²) in [6.07, 6.45) is 5.60. The molecule has 2 rings (SSSR count). The van der Waals surface area contributed by atoms with E-state index in [1.807, 2.05) is 31.2 Å². The van der Waals surface area contributed by atoms with Crippen LogP contribution in [0.1, 0.15) is 38.2 Å². The number of ether oxygens (including phenoxy) is 1. The van der Waals surface area contributed by atoms with Gasteiger partial charge in [0.15, 0.2) is 0 Å². The molecule has 124 valence electrons. The van der Waals surface area contributed by atoms with Gasteiger partial charge in [-0.05, 0) is 31.9 Å². The highest BCUT2D eigenvalue weighted by molar-refractivity contribution is 6.35. The van der Waals surface area contributed by atoms with Crippen LogP contribution in [0.25, 0.3) is 0 Å². The molecule has 0 bridgehead atoms. The molecule has 0 radical (unpaired) electrons. The lowest BCUT2D eigenvalue weighted by Gasteiger charge is -2.18. The third-order valence-corrected chi connectivity index (χ3v) is 3.68. The molecular weight excluding hydrogens is 294 g/mol. The minimum Gasteiger partial charge on any atom is -0.493 e. The average molecular weight is 317 g/mol. The summed E-state index contributed by atoms with van der Waals surface area (Å²) in [7, 11) is 0. The molecule has 1 aliphatic heterocycles. The third kappa shape index (κ3) is 5.09. The van der Waals surface area contributed by atoms with Gasteiger partial charge in [0, 0.05) is 18.7 Å². The van der Waals surface area contributed by atoms with Crippen LogP contribution in [0.2, 0.25) is 0 Å². The molecule has 0 saturated carbocycles. The molecule has 23 heavy (non-hydrogen) atoms. The van der Waals surface area contributed by atoms with E-state index >= 15 is 0 Å². The van der Waals surface area contributed by atoms with Gasteiger partial charge in [0.2, 0.25) is 0 Å². The molecule has 0 atom stereocenters. The minimum absolute atomic E-state index is 0.512. The van der Waals surface area contributed by atoms with Gasteiger partial charge in [-0.2, -0.15) is 5.10 Å². The van der Waals surface area contributed by atoms with Crippen LogP contribution in [-0.4, -0.2) is 42.6 Å². The first-order valence-corrected chi connectivity index (χ1v) is 8.06. The normalized spacial score (nSPS) is 15.3. The molecule has 1 aromatic rings. The van der Waals surface area contributed by atoms with Gasteiger partial charge in [-0.25, -0.2) is 5.43 Å². The van der Waals surface area contributed by atoms with Crippen LogP contribution < -0.4 is 10.2 Å². The minimum atomic E-state index is -0.697. The van der Waals surface area contributed by atoms with E-state index < -0.39 is 11.8 Å². The Bertz CT molecular complexity index is 564. The van der Waals surface area contributed by atoms with Crippen LogP contribution >= 0.6 is 0 Å². The third-order valence-electron chi connectivity index (χ3n) is 3.68. The van der Waals surface area contributed by atoms with Crippen LogP contribution in [0.5, 0.6) is 5.75 Å². The van der Waals surface area contributed by atoms with Crippen molar-refractivity contribution in [2.45, 2.75) is 32.6 Å². The number of carbonyl (C=O) groups excluding carboxylic acids is 2. The van der Waals surface area contributed by atoms with Crippen molar-refractivity contribution < 1.29 is 14.3 Å². The van der Waals surface area contributed by atoms with E-state index in [1.165, 1.54) is 6.21 Å². The fourth-order valence-electron chi connectivity index (χ4n) is 2.50. The number of hydrazone groups is 1. The lowest BCUT2D eigenvalue weighted by Crippen LogP contribution is -2.41. The monoisotopic (exact) mass is 317 g/mol. The van der Waals surface area contributed by atoms with Gasteiger partial charge >= 0.3 is 11.8 Å². The summed E-state index contributed by atoms with van der Waals surface area (Å²) < 4.78 is 5.47. The zero-order valence-electron chi connectivity index (χ0n) is 13.5. The van der Waals surface area contributed by atoms with Gasteiger partial charge in [0.05, 0.1) is 12.8 Å². The maximum absolute atomic E-state index is 12.1. The molecule has 1 heterocycles. The summed E-state index contributed by atoms with van der Waals surface area (Å²) in [6.45, 7) is 3.73. The Morgan fingerprint density at radius 1 is 1.22 bits per heavy atom. The Balaban J connectivity index is 1.91. The van der Waals surface area contributed by atoms with E-state index in [2.05, 4.69) is 10.5 Å². The highest BCUT2D eigenvalue weighted by atomic mass is 16.5. The second-order valence-electron chi connectivity index (χ2n) is 5.38. The predicted molar refractivity (Wildman–Crippen MR) is 88.4 cm³/mol. The van der Waals surface area contributed by atoms with E-state index in [9.17, 15) is 9.59 Å². The molecule has 0 aliphatic carbocycles. The van der Waals surface area contributed by atoms with Crippen molar-refractivity contribution in [1.29, 1.82) is 0 Å². The summed E-state index contributed by atoms with van der Waals surface area (Å²) in [6, 6.07) is 7.38. The standard InChI is InChI=1S/C17H23N3O3/c1-2-23-15-10-6-5-9-14(15)13-18-19-16(21)17(22)20-11-7-3-4-8-12-20/h5-6,9-10,13H,2-4,7-8,11-12H2,1H3,(H,19,21)/b18-13-. The van der Waals surface area contributed by atoms with Crippen molar-refractivity contribution in [3.8, 4) is 5.75 Å². The van der Waals surface area contributed by atoms with Crippen LogP contribution in [-0.2, 0) is 9.59 Å². The fourth-order valence-corrected chi connectivity index (χ4v) is 2.50. The van der Waals surface area contributed by atoms with Crippen LogP contribution in [0.3, 0.4) is 0 Å². The maximum Gasteiger partial charge on any atom is 0.329 e. The summed E-state index contributed by atoms with van der Waals surface area (Å²) in [5, 5.41) is 3.87. The molecule has 1 fully saturated rings. The number of para-hydroxylation sites is 1. The highest BCUT2D eigenvalue weighted by Crippen LogP contribution is 2.15. The molecule has 1 N–H and O–H groups in total. The molecule has 1 saturated heterocycles. The molecule has 2 amide bonds. The van der Waals surface area contributed by atoms with Gasteiger partial charge in [-0.15, -0.1) is 0 Å². The van der Waals surface area contributed by atoms with E-state index in [4.69, 9.17) is 4.74 Å². The summed E-state index contributed by atoms with van der Waals surface area (Å²) in [5.74, 6) is -0.522. The number of nitrogens with zero attached hydrogens (tertiary/aromatic N) is 2. The molecule has 0 aromatic heterocycles. The zero-order valence-corrected chi connectivity index (χ0v) is 13.5. The Labute approximate surface area is 136 Å². The molecule has 6 heteroatoms. The number of hydrogen-bond donors (Lipinski definition) is 1. The van der Waals surface area contributed by atoms with Gasteiger partial charge < -0.3 is 9.64 Å². The van der Waals surface area contributed by atoms with Gasteiger partial charge in [-0.1, -0.05) is 25.0 Å². The molecule has 0 unspecified atom stereocenters. The van der Waals surface area contributed by atoms with Gasteiger partial charge in [0.25, 0.3) is 0 Å². The van der Waals surface area contributed by atoms with Crippen molar-refractivity contribution in [2.75, 3.05) is 19.7 Å². The number of amides is 2. The first-order valence-electron chi connectivity index (χ1n) is 8.06. The summed E-state index contributed by atoms with van der Waals surface area (Å²) >= 11 is 0. The van der Waals surface area contributed by atoms with Crippen molar-refractivity contribution in [1.82, 2.24) is 10.3 Å². The largest absolute Gasteiger partial charge is 0.493 e. The predicted octanol–water partition coefficient (Wildman–Crippen LogP) is 1.94. The SMILES string of the molecule is CCOc1ccccc1/C=N\NC(=O)C(=O)N1CCCCCC1.